The highest BCUT2D eigenvalue weighted by Gasteiger charge is 2.58. The van der Waals surface area contributed by atoms with Gasteiger partial charge in [0.25, 0.3) is 5.08 Å². The second-order valence-electron chi connectivity index (χ2n) is 15.9. The number of hydrogen-bond donors (Lipinski definition) is 7. The summed E-state index contributed by atoms with van der Waals surface area (Å²) in [5.74, 6) is 0.956. The fourth-order valence-electron chi connectivity index (χ4n) is 7.01. The highest BCUT2D eigenvalue weighted by atomic mass is 35.5. The first-order valence-corrected chi connectivity index (χ1v) is 23.5. The van der Waals surface area contributed by atoms with Crippen LogP contribution in [0.2, 0.25) is 5.02 Å². The average molecular weight is 896 g/mol. The molecule has 1 aromatic rings. The summed E-state index contributed by atoms with van der Waals surface area (Å²) >= 11 is 5.75. The van der Waals surface area contributed by atoms with Crippen LogP contribution in [0.1, 0.15) is 99.8 Å². The lowest BCUT2D eigenvalue weighted by Gasteiger charge is -2.43. The van der Waals surface area contributed by atoms with Crippen molar-refractivity contribution >= 4 is 44.7 Å². The molecule has 336 valence electrons. The zero-order valence-corrected chi connectivity index (χ0v) is 37.5. The Hall–Kier alpha value is -2.62. The van der Waals surface area contributed by atoms with Crippen molar-refractivity contribution in [3.05, 3.63) is 53.1 Å². The molecule has 1 saturated heterocycles. The van der Waals surface area contributed by atoms with E-state index in [1.807, 2.05) is 13.8 Å². The molecule has 19 heteroatoms. The number of ether oxygens (including phenoxy) is 4. The van der Waals surface area contributed by atoms with E-state index in [4.69, 9.17) is 55.9 Å². The number of hydrogen-bond acceptors (Lipinski definition) is 12. The predicted octanol–water partition coefficient (Wildman–Crippen LogP) is 5.98. The molecule has 0 bridgehead atoms. The standard InChI is InChI=1S/C24H36O5.C12H15ClO3.C4H13NO7P2/c1-5-15(3)24(27)29-21-11-14(2)10-17-7-6-16(4)20(23(17)21)9-8-19-12-18(25)13-22(26)28-19;1-4-15-11(14)12(2,3)16-10-7-5-9(13)6-8-10;5-3-1-2-4(6,13(7,8)9)14(10,11)12/h6-7,10,14-16,18-21,23,25H,5,8-9,11-13H2,1-4H3;5-8H,4H2,1-3H3;6H,1-3,5H2,(H2,7,8,9)(H2,10,11,12)/t14-,15-,16-,18+,19+,20-,21-,23-;;/m0../s1. The molecule has 0 unspecified atom stereocenters. The van der Waals surface area contributed by atoms with Gasteiger partial charge in [0.15, 0.2) is 5.60 Å². The fourth-order valence-corrected chi connectivity index (χ4v) is 9.40. The highest BCUT2D eigenvalue weighted by molar-refractivity contribution is 7.72. The molecule has 0 spiro atoms. The zero-order chi connectivity index (χ0) is 44.9. The quantitative estimate of drug-likeness (QED) is 0.0606. The number of carbonyl (C=O) groups excluding carboxylic acids is 3. The van der Waals surface area contributed by atoms with E-state index in [-0.39, 0.29) is 61.3 Å². The zero-order valence-electron chi connectivity index (χ0n) is 34.9. The Bertz CT molecular complexity index is 1670. The molecule has 1 heterocycles. The van der Waals surface area contributed by atoms with Crippen LogP contribution in [0, 0.1) is 29.6 Å². The maximum atomic E-state index is 12.5. The molecule has 0 aromatic heterocycles. The van der Waals surface area contributed by atoms with Crippen LogP contribution in [-0.4, -0.2) is 89.8 Å². The minimum Gasteiger partial charge on any atom is -0.476 e. The maximum Gasteiger partial charge on any atom is 0.369 e. The van der Waals surface area contributed by atoms with Crippen molar-refractivity contribution in [2.75, 3.05) is 13.2 Å². The number of aliphatic hydroxyl groups excluding tert-OH is 1. The van der Waals surface area contributed by atoms with Crippen molar-refractivity contribution in [3.8, 4) is 5.75 Å². The lowest BCUT2D eigenvalue weighted by molar-refractivity contribution is -0.162. The summed E-state index contributed by atoms with van der Waals surface area (Å²) in [7, 11) is -10.6. The van der Waals surface area contributed by atoms with E-state index in [0.29, 0.717) is 41.6 Å². The number of carbonyl (C=O) groups is 3. The Kier molecular flexibility index (Phi) is 20.5. The number of nitrogens with two attached hydrogens (primary N) is 1. The molecule has 4 rings (SSSR count). The number of fused-ring (bicyclic) bond motifs is 1. The van der Waals surface area contributed by atoms with Gasteiger partial charge in [-0.25, -0.2) is 4.79 Å². The van der Waals surface area contributed by atoms with Crippen molar-refractivity contribution < 1.29 is 72.2 Å². The van der Waals surface area contributed by atoms with Crippen LogP contribution in [0.15, 0.2) is 48.1 Å². The van der Waals surface area contributed by atoms with E-state index in [2.05, 4.69) is 32.1 Å². The van der Waals surface area contributed by atoms with Crippen molar-refractivity contribution in [2.45, 2.75) is 129 Å². The normalized spacial score (nSPS) is 25.0. The summed E-state index contributed by atoms with van der Waals surface area (Å²) < 4.78 is 43.4. The molecular weight excluding hydrogens is 832 g/mol. The number of halogens is 1. The van der Waals surface area contributed by atoms with Crippen molar-refractivity contribution in [2.24, 2.45) is 35.3 Å². The molecule has 0 amide bonds. The molecule has 1 aromatic carbocycles. The van der Waals surface area contributed by atoms with Gasteiger partial charge in [0.1, 0.15) is 18.0 Å². The van der Waals surface area contributed by atoms with E-state index >= 15 is 0 Å². The minimum absolute atomic E-state index is 0.0394. The van der Waals surface area contributed by atoms with Gasteiger partial charge in [-0.15, -0.1) is 0 Å². The summed E-state index contributed by atoms with van der Waals surface area (Å²) in [6.07, 6.45) is 8.84. The Morgan fingerprint density at radius 2 is 1.64 bits per heavy atom. The van der Waals surface area contributed by atoms with Crippen LogP contribution in [0.25, 0.3) is 0 Å². The van der Waals surface area contributed by atoms with Crippen LogP contribution in [0.4, 0.5) is 0 Å². The van der Waals surface area contributed by atoms with E-state index in [1.165, 1.54) is 5.57 Å². The average Bonchev–Trinajstić information content (AvgIpc) is 3.13. The second-order valence-corrected chi connectivity index (χ2v) is 20.3. The Balaban J connectivity index is 0.000000339. The fraction of sp³-hybridized carbons (Fsp3) is 0.675. The van der Waals surface area contributed by atoms with E-state index in [0.717, 1.165) is 25.7 Å². The first-order chi connectivity index (χ1) is 27.3. The first kappa shape index (κ1) is 52.5. The molecule has 8 atom stereocenters. The second kappa shape index (κ2) is 23.0. The van der Waals surface area contributed by atoms with E-state index < -0.39 is 38.4 Å². The van der Waals surface area contributed by atoms with Gasteiger partial charge in [0.05, 0.1) is 25.0 Å². The van der Waals surface area contributed by atoms with Gasteiger partial charge in [0, 0.05) is 23.8 Å². The van der Waals surface area contributed by atoms with Crippen molar-refractivity contribution in [3.63, 3.8) is 0 Å². The lowest BCUT2D eigenvalue weighted by atomic mass is 9.65. The minimum atomic E-state index is -5.30. The third kappa shape index (κ3) is 15.7. The van der Waals surface area contributed by atoms with Crippen LogP contribution >= 0.6 is 26.8 Å². The lowest BCUT2D eigenvalue weighted by Crippen LogP contribution is -2.42. The van der Waals surface area contributed by atoms with Gasteiger partial charge >= 0.3 is 33.1 Å². The SMILES string of the molecule is CCOC(=O)C(C)(C)Oc1ccc(Cl)cc1.CC[C@H](C)C(=O)O[C@H]1C[C@@H](C)C=C2C=C[C@H](C)[C@H](CC[C@@H]3C[C@@H](O)CC(=O)O3)[C@H]21.NCCCC(O)(P(=O)(O)O)P(=O)(O)O. The number of cyclic esters (lactones) is 1. The molecular formula is C40H64ClNO15P2. The molecule has 3 aliphatic rings. The molecule has 1 aliphatic heterocycles. The molecule has 16 nitrogen and oxygen atoms in total. The molecule has 0 radical (unpaired) electrons. The van der Waals surface area contributed by atoms with Crippen LogP contribution < -0.4 is 10.5 Å². The Labute approximate surface area is 352 Å². The highest BCUT2D eigenvalue weighted by Crippen LogP contribution is 2.69. The van der Waals surface area contributed by atoms with E-state index in [9.17, 15) is 33.7 Å². The topological polar surface area (TPSA) is 270 Å². The predicted molar refractivity (Wildman–Crippen MR) is 221 cm³/mol. The van der Waals surface area contributed by atoms with Crippen LogP contribution in [-0.2, 0) is 37.7 Å². The smallest absolute Gasteiger partial charge is 0.369 e. The summed E-state index contributed by atoms with van der Waals surface area (Å²) in [6, 6.07) is 6.84. The molecule has 0 saturated carbocycles. The number of esters is 3. The number of benzene rings is 1. The number of allylic oxidation sites excluding steroid dienone is 3. The van der Waals surface area contributed by atoms with Crippen molar-refractivity contribution in [1.82, 2.24) is 0 Å². The van der Waals surface area contributed by atoms with Gasteiger partial charge in [-0.05, 0) is 107 Å². The summed E-state index contributed by atoms with van der Waals surface area (Å²) in [4.78, 5) is 70.3. The van der Waals surface area contributed by atoms with E-state index in [1.54, 1.807) is 45.0 Å². The summed E-state index contributed by atoms with van der Waals surface area (Å²) in [6.45, 7) is 13.7. The van der Waals surface area contributed by atoms with Gasteiger partial charge < -0.3 is 54.5 Å². The third-order valence-electron chi connectivity index (χ3n) is 10.5. The van der Waals surface area contributed by atoms with Crippen LogP contribution in [0.5, 0.6) is 5.75 Å². The third-order valence-corrected chi connectivity index (χ3v) is 14.7. The first-order valence-electron chi connectivity index (χ1n) is 19.9. The van der Waals surface area contributed by atoms with Crippen molar-refractivity contribution in [1.29, 1.82) is 0 Å². The van der Waals surface area contributed by atoms with Gasteiger partial charge in [0.2, 0.25) is 0 Å². The monoisotopic (exact) mass is 895 g/mol. The van der Waals surface area contributed by atoms with Crippen LogP contribution in [0.3, 0.4) is 0 Å². The number of aliphatic hydroxyl groups is 2. The number of rotatable bonds is 15. The van der Waals surface area contributed by atoms with Gasteiger partial charge in [-0.3, -0.25) is 18.7 Å². The van der Waals surface area contributed by atoms with Gasteiger partial charge in [-0.2, -0.15) is 0 Å². The summed E-state index contributed by atoms with van der Waals surface area (Å²) in [5.41, 5.74) is 5.28. The molecule has 8 N–H and O–H groups in total. The Morgan fingerprint density at radius 1 is 1.03 bits per heavy atom. The largest absolute Gasteiger partial charge is 0.476 e. The maximum absolute atomic E-state index is 12.5. The summed E-state index contributed by atoms with van der Waals surface area (Å²) in [5, 5.41) is 16.4. The van der Waals surface area contributed by atoms with Gasteiger partial charge in [-0.1, -0.05) is 57.5 Å². The molecule has 59 heavy (non-hydrogen) atoms. The molecule has 1 fully saturated rings. The molecule has 2 aliphatic carbocycles. The Morgan fingerprint density at radius 3 is 2.17 bits per heavy atom.